The van der Waals surface area contributed by atoms with E-state index in [-0.39, 0.29) is 11.9 Å². The Hall–Kier alpha value is -1.39. The molecule has 4 heteroatoms. The average molecular weight is 275 g/mol. The van der Waals surface area contributed by atoms with Crippen molar-refractivity contribution in [3.63, 3.8) is 0 Å². The van der Waals surface area contributed by atoms with Gasteiger partial charge < -0.3 is 0 Å². The summed E-state index contributed by atoms with van der Waals surface area (Å²) in [5.74, 6) is 5.25. The standard InChI is InChI=1S/C16H25N3O/c1-19(14-11-7-2-3-8-12-14)15(16(20)18-17)13-9-5-4-6-10-13/h4-6,9-10,14-15H,2-3,7-8,11-12,17H2,1H3,(H,18,20). The number of rotatable bonds is 4. The molecule has 0 aromatic heterocycles. The number of likely N-dealkylation sites (N-methyl/N-ethyl adjacent to an activating group) is 1. The number of benzene rings is 1. The van der Waals surface area contributed by atoms with Crippen molar-refractivity contribution >= 4 is 5.91 Å². The second-order valence-corrected chi connectivity index (χ2v) is 5.63. The maximum atomic E-state index is 12.2. The molecule has 1 saturated carbocycles. The summed E-state index contributed by atoms with van der Waals surface area (Å²) >= 11 is 0. The van der Waals surface area contributed by atoms with Gasteiger partial charge in [0.05, 0.1) is 0 Å². The maximum absolute atomic E-state index is 12.2. The summed E-state index contributed by atoms with van der Waals surface area (Å²) in [6, 6.07) is 10.0. The molecule has 1 atom stereocenters. The second-order valence-electron chi connectivity index (χ2n) is 5.63. The average Bonchev–Trinajstić information content (AvgIpc) is 2.77. The van der Waals surface area contributed by atoms with Crippen molar-refractivity contribution in [1.29, 1.82) is 0 Å². The fourth-order valence-electron chi connectivity index (χ4n) is 3.16. The fourth-order valence-corrected chi connectivity index (χ4v) is 3.16. The Bertz CT molecular complexity index is 413. The SMILES string of the molecule is CN(C1CCCCCC1)C(C(=O)NN)c1ccccc1. The maximum Gasteiger partial charge on any atom is 0.255 e. The topological polar surface area (TPSA) is 58.4 Å². The van der Waals surface area contributed by atoms with Gasteiger partial charge in [-0.15, -0.1) is 0 Å². The van der Waals surface area contributed by atoms with Gasteiger partial charge in [-0.05, 0) is 25.5 Å². The van der Waals surface area contributed by atoms with Gasteiger partial charge in [-0.2, -0.15) is 0 Å². The number of nitrogens with zero attached hydrogens (tertiary/aromatic N) is 1. The third-order valence-corrected chi connectivity index (χ3v) is 4.31. The van der Waals surface area contributed by atoms with Crippen LogP contribution in [-0.2, 0) is 4.79 Å². The molecule has 0 radical (unpaired) electrons. The monoisotopic (exact) mass is 275 g/mol. The highest BCUT2D eigenvalue weighted by Crippen LogP contribution is 2.28. The van der Waals surface area contributed by atoms with Crippen LogP contribution in [0, 0.1) is 0 Å². The lowest BCUT2D eigenvalue weighted by atomic mass is 10.00. The molecule has 1 aliphatic carbocycles. The Morgan fingerprint density at radius 2 is 1.80 bits per heavy atom. The Labute approximate surface area is 121 Å². The Morgan fingerprint density at radius 3 is 2.35 bits per heavy atom. The minimum absolute atomic E-state index is 0.136. The molecule has 20 heavy (non-hydrogen) atoms. The van der Waals surface area contributed by atoms with E-state index in [0.29, 0.717) is 6.04 Å². The third-order valence-electron chi connectivity index (χ3n) is 4.31. The van der Waals surface area contributed by atoms with E-state index in [1.807, 2.05) is 37.4 Å². The summed E-state index contributed by atoms with van der Waals surface area (Å²) in [5.41, 5.74) is 3.32. The Morgan fingerprint density at radius 1 is 1.20 bits per heavy atom. The zero-order valence-corrected chi connectivity index (χ0v) is 12.2. The molecule has 1 amide bonds. The van der Waals surface area contributed by atoms with Crippen LogP contribution in [0.3, 0.4) is 0 Å². The predicted molar refractivity (Wildman–Crippen MR) is 80.8 cm³/mol. The molecule has 3 N–H and O–H groups in total. The molecule has 0 aliphatic heterocycles. The zero-order valence-electron chi connectivity index (χ0n) is 12.2. The lowest BCUT2D eigenvalue weighted by molar-refractivity contribution is -0.127. The number of hydrazine groups is 1. The van der Waals surface area contributed by atoms with Crippen LogP contribution in [0.2, 0.25) is 0 Å². The molecule has 0 spiro atoms. The minimum atomic E-state index is -0.302. The van der Waals surface area contributed by atoms with E-state index in [4.69, 9.17) is 5.84 Å². The number of nitrogens with one attached hydrogen (secondary N) is 1. The van der Waals surface area contributed by atoms with Gasteiger partial charge in [-0.25, -0.2) is 5.84 Å². The van der Waals surface area contributed by atoms with Crippen molar-refractivity contribution in [2.45, 2.75) is 50.6 Å². The van der Waals surface area contributed by atoms with E-state index < -0.39 is 0 Å². The number of hydrogen-bond donors (Lipinski definition) is 2. The molecule has 0 saturated heterocycles. The number of carbonyl (C=O) groups is 1. The van der Waals surface area contributed by atoms with Crippen LogP contribution in [0.1, 0.15) is 50.1 Å². The van der Waals surface area contributed by atoms with Crippen LogP contribution in [-0.4, -0.2) is 23.9 Å². The molecule has 1 aromatic carbocycles. The van der Waals surface area contributed by atoms with E-state index in [2.05, 4.69) is 10.3 Å². The van der Waals surface area contributed by atoms with Gasteiger partial charge >= 0.3 is 0 Å². The lowest BCUT2D eigenvalue weighted by Crippen LogP contribution is -2.45. The van der Waals surface area contributed by atoms with E-state index in [1.54, 1.807) is 0 Å². The summed E-state index contributed by atoms with van der Waals surface area (Å²) in [6.45, 7) is 0. The van der Waals surface area contributed by atoms with Crippen molar-refractivity contribution in [2.75, 3.05) is 7.05 Å². The molecule has 1 fully saturated rings. The first-order valence-electron chi connectivity index (χ1n) is 7.51. The molecular formula is C16H25N3O. The van der Waals surface area contributed by atoms with Gasteiger partial charge in [0.15, 0.2) is 0 Å². The number of carbonyl (C=O) groups excluding carboxylic acids is 1. The molecule has 2 rings (SSSR count). The van der Waals surface area contributed by atoms with Crippen LogP contribution in [0.15, 0.2) is 30.3 Å². The first-order chi connectivity index (χ1) is 9.74. The molecule has 1 unspecified atom stereocenters. The predicted octanol–water partition coefficient (Wildman–Crippen LogP) is 2.37. The van der Waals surface area contributed by atoms with Crippen molar-refractivity contribution in [2.24, 2.45) is 5.84 Å². The first kappa shape index (κ1) is 15.0. The molecule has 1 aromatic rings. The van der Waals surface area contributed by atoms with Crippen molar-refractivity contribution in [3.8, 4) is 0 Å². The molecule has 4 nitrogen and oxygen atoms in total. The highest BCUT2D eigenvalue weighted by Gasteiger charge is 2.29. The molecule has 0 bridgehead atoms. The van der Waals surface area contributed by atoms with Crippen LogP contribution in [0.5, 0.6) is 0 Å². The highest BCUT2D eigenvalue weighted by atomic mass is 16.2. The minimum Gasteiger partial charge on any atom is -0.293 e. The summed E-state index contributed by atoms with van der Waals surface area (Å²) < 4.78 is 0. The fraction of sp³-hybridized carbons (Fsp3) is 0.562. The van der Waals surface area contributed by atoms with Crippen LogP contribution < -0.4 is 11.3 Å². The Balaban J connectivity index is 2.19. The summed E-state index contributed by atoms with van der Waals surface area (Å²) in [4.78, 5) is 14.4. The smallest absolute Gasteiger partial charge is 0.255 e. The second kappa shape index (κ2) is 7.41. The van der Waals surface area contributed by atoms with Gasteiger partial charge in [0.2, 0.25) is 0 Å². The van der Waals surface area contributed by atoms with Gasteiger partial charge in [0, 0.05) is 6.04 Å². The first-order valence-corrected chi connectivity index (χ1v) is 7.51. The van der Waals surface area contributed by atoms with Gasteiger partial charge in [0.25, 0.3) is 5.91 Å². The molecule has 110 valence electrons. The van der Waals surface area contributed by atoms with E-state index >= 15 is 0 Å². The van der Waals surface area contributed by atoms with Gasteiger partial charge in [-0.3, -0.25) is 15.1 Å². The summed E-state index contributed by atoms with van der Waals surface area (Å²) in [6.07, 6.45) is 7.45. The van der Waals surface area contributed by atoms with Crippen LogP contribution in [0.25, 0.3) is 0 Å². The van der Waals surface area contributed by atoms with Crippen molar-refractivity contribution in [1.82, 2.24) is 10.3 Å². The van der Waals surface area contributed by atoms with Crippen LogP contribution >= 0.6 is 0 Å². The molecule has 0 heterocycles. The molecule has 1 aliphatic rings. The number of hydrogen-bond acceptors (Lipinski definition) is 3. The van der Waals surface area contributed by atoms with E-state index in [0.717, 1.165) is 18.4 Å². The van der Waals surface area contributed by atoms with E-state index in [1.165, 1.54) is 25.7 Å². The number of amides is 1. The lowest BCUT2D eigenvalue weighted by Gasteiger charge is -2.33. The third kappa shape index (κ3) is 3.58. The highest BCUT2D eigenvalue weighted by molar-refractivity contribution is 5.82. The van der Waals surface area contributed by atoms with Crippen molar-refractivity contribution in [3.05, 3.63) is 35.9 Å². The van der Waals surface area contributed by atoms with Crippen molar-refractivity contribution < 1.29 is 4.79 Å². The summed E-state index contributed by atoms with van der Waals surface area (Å²) in [5, 5.41) is 0. The summed E-state index contributed by atoms with van der Waals surface area (Å²) in [7, 11) is 2.04. The molecular weight excluding hydrogens is 250 g/mol. The van der Waals surface area contributed by atoms with Crippen LogP contribution in [0.4, 0.5) is 0 Å². The zero-order chi connectivity index (χ0) is 14.4. The van der Waals surface area contributed by atoms with Gasteiger partial charge in [-0.1, -0.05) is 56.0 Å². The normalized spacial score (nSPS) is 18.6. The largest absolute Gasteiger partial charge is 0.293 e. The quantitative estimate of drug-likeness (QED) is 0.384. The van der Waals surface area contributed by atoms with Gasteiger partial charge in [0.1, 0.15) is 6.04 Å². The van der Waals surface area contributed by atoms with E-state index in [9.17, 15) is 4.79 Å². The Kier molecular flexibility index (Phi) is 5.56. The number of nitrogens with two attached hydrogens (primary N) is 1.